The maximum absolute atomic E-state index is 10.5. The van der Waals surface area contributed by atoms with Crippen molar-refractivity contribution in [1.82, 2.24) is 9.97 Å². The second kappa shape index (κ2) is 3.49. The van der Waals surface area contributed by atoms with Gasteiger partial charge in [0.1, 0.15) is 5.82 Å². The quantitative estimate of drug-likeness (QED) is 0.491. The van der Waals surface area contributed by atoms with Crippen LogP contribution in [0.3, 0.4) is 0 Å². The summed E-state index contributed by atoms with van der Waals surface area (Å²) in [5, 5.41) is 0.151. The predicted octanol–water partition coefficient (Wildman–Crippen LogP) is 1.36. The molecule has 0 bridgehead atoms. The minimum absolute atomic E-state index is 0.151. The maximum atomic E-state index is 10.5. The van der Waals surface area contributed by atoms with Gasteiger partial charge in [0.25, 0.3) is 0 Å². The predicted molar refractivity (Wildman–Crippen MR) is 43.1 cm³/mol. The third-order valence-electron chi connectivity index (χ3n) is 1.09. The van der Waals surface area contributed by atoms with Crippen LogP contribution in [0.15, 0.2) is 6.20 Å². The van der Waals surface area contributed by atoms with Crippen LogP contribution in [0, 0.1) is 6.92 Å². The van der Waals surface area contributed by atoms with Crippen LogP contribution in [0.5, 0.6) is 5.75 Å². The summed E-state index contributed by atoms with van der Waals surface area (Å²) in [6.07, 6.45) is 1.37. The van der Waals surface area contributed by atoms with Crippen LogP contribution < -0.4 is 4.74 Å². The van der Waals surface area contributed by atoms with Crippen molar-refractivity contribution in [1.29, 1.82) is 0 Å². The van der Waals surface area contributed by atoms with Gasteiger partial charge in [0.2, 0.25) is 0 Å². The summed E-state index contributed by atoms with van der Waals surface area (Å²) in [4.78, 5) is 18.1. The molecule has 1 aromatic heterocycles. The zero-order valence-electron chi connectivity index (χ0n) is 6.67. The highest BCUT2D eigenvalue weighted by Gasteiger charge is 2.05. The van der Waals surface area contributed by atoms with Crippen LogP contribution in [0.2, 0.25) is 5.15 Å². The third-order valence-corrected chi connectivity index (χ3v) is 1.36. The van der Waals surface area contributed by atoms with Crippen LogP contribution in [-0.2, 0) is 4.79 Å². The van der Waals surface area contributed by atoms with E-state index in [1.54, 1.807) is 6.92 Å². The summed E-state index contributed by atoms with van der Waals surface area (Å²) in [5.41, 5.74) is 0. The summed E-state index contributed by atoms with van der Waals surface area (Å²) in [5.74, 6) is 0.287. The number of rotatable bonds is 1. The largest absolute Gasteiger partial charge is 0.422 e. The van der Waals surface area contributed by atoms with Gasteiger partial charge >= 0.3 is 5.97 Å². The Labute approximate surface area is 74.5 Å². The van der Waals surface area contributed by atoms with Crippen molar-refractivity contribution in [2.45, 2.75) is 13.8 Å². The lowest BCUT2D eigenvalue weighted by molar-refractivity contribution is -0.131. The van der Waals surface area contributed by atoms with E-state index in [1.165, 1.54) is 13.1 Å². The minimum atomic E-state index is -0.440. The van der Waals surface area contributed by atoms with Gasteiger partial charge in [0.05, 0.1) is 6.20 Å². The number of halogens is 1. The molecular weight excluding hydrogens is 180 g/mol. The highest BCUT2D eigenvalue weighted by Crippen LogP contribution is 2.20. The molecule has 0 aliphatic rings. The topological polar surface area (TPSA) is 52.1 Å². The van der Waals surface area contributed by atoms with Gasteiger partial charge in [0.15, 0.2) is 10.9 Å². The number of carbonyl (C=O) groups is 1. The van der Waals surface area contributed by atoms with Gasteiger partial charge in [-0.15, -0.1) is 0 Å². The van der Waals surface area contributed by atoms with E-state index in [2.05, 4.69) is 9.97 Å². The van der Waals surface area contributed by atoms with E-state index in [0.717, 1.165) is 0 Å². The number of aromatic nitrogens is 2. The van der Waals surface area contributed by atoms with E-state index in [-0.39, 0.29) is 10.9 Å². The third kappa shape index (κ3) is 2.17. The molecule has 0 radical (unpaired) electrons. The Bertz CT molecular complexity index is 314. The molecule has 0 aromatic carbocycles. The van der Waals surface area contributed by atoms with Gasteiger partial charge in [-0.1, -0.05) is 11.6 Å². The number of hydrogen-bond acceptors (Lipinski definition) is 4. The summed E-state index contributed by atoms with van der Waals surface area (Å²) in [7, 11) is 0. The summed E-state index contributed by atoms with van der Waals surface area (Å²) in [6, 6.07) is 0. The van der Waals surface area contributed by atoms with Gasteiger partial charge in [0, 0.05) is 6.92 Å². The highest BCUT2D eigenvalue weighted by molar-refractivity contribution is 6.30. The molecule has 0 saturated carbocycles. The Morgan fingerprint density at radius 1 is 1.67 bits per heavy atom. The number of esters is 1. The summed E-state index contributed by atoms with van der Waals surface area (Å²) < 4.78 is 4.70. The first kappa shape index (κ1) is 8.93. The number of ether oxygens (including phenoxy) is 1. The molecule has 0 saturated heterocycles. The fraction of sp³-hybridized carbons (Fsp3) is 0.286. The molecule has 0 aliphatic carbocycles. The normalized spacial score (nSPS) is 9.58. The molecule has 12 heavy (non-hydrogen) atoms. The van der Waals surface area contributed by atoms with Crippen molar-refractivity contribution in [3.05, 3.63) is 17.2 Å². The molecule has 1 aromatic rings. The van der Waals surface area contributed by atoms with E-state index in [0.29, 0.717) is 5.82 Å². The first-order valence-electron chi connectivity index (χ1n) is 3.27. The van der Waals surface area contributed by atoms with Gasteiger partial charge in [-0.2, -0.15) is 0 Å². The number of nitrogens with zero attached hydrogens (tertiary/aromatic N) is 2. The fourth-order valence-electron chi connectivity index (χ4n) is 0.655. The van der Waals surface area contributed by atoms with Gasteiger partial charge in [-0.25, -0.2) is 9.97 Å². The average molecular weight is 187 g/mol. The van der Waals surface area contributed by atoms with E-state index in [4.69, 9.17) is 16.3 Å². The van der Waals surface area contributed by atoms with Crippen LogP contribution in [0.4, 0.5) is 0 Å². The Morgan fingerprint density at radius 3 is 2.83 bits per heavy atom. The molecule has 0 N–H and O–H groups in total. The summed E-state index contributed by atoms with van der Waals surface area (Å²) in [6.45, 7) is 2.99. The van der Waals surface area contributed by atoms with Crippen LogP contribution >= 0.6 is 11.6 Å². The van der Waals surface area contributed by atoms with Crippen molar-refractivity contribution in [2.24, 2.45) is 0 Å². The maximum Gasteiger partial charge on any atom is 0.308 e. The van der Waals surface area contributed by atoms with E-state index in [1.807, 2.05) is 0 Å². The second-order valence-electron chi connectivity index (χ2n) is 2.17. The first-order valence-corrected chi connectivity index (χ1v) is 3.65. The smallest absolute Gasteiger partial charge is 0.308 e. The SMILES string of the molecule is CC(=O)Oc1cnc(C)nc1Cl. The van der Waals surface area contributed by atoms with Crippen LogP contribution in [0.1, 0.15) is 12.7 Å². The van der Waals surface area contributed by atoms with Crippen LogP contribution in [-0.4, -0.2) is 15.9 Å². The van der Waals surface area contributed by atoms with Crippen molar-refractivity contribution in [3.8, 4) is 5.75 Å². The Kier molecular flexibility index (Phi) is 2.60. The van der Waals surface area contributed by atoms with Gasteiger partial charge < -0.3 is 4.74 Å². The van der Waals surface area contributed by atoms with Crippen molar-refractivity contribution >= 4 is 17.6 Å². The second-order valence-corrected chi connectivity index (χ2v) is 2.52. The average Bonchev–Trinajstić information content (AvgIpc) is 1.94. The molecule has 1 rings (SSSR count). The van der Waals surface area contributed by atoms with E-state index < -0.39 is 5.97 Å². The van der Waals surface area contributed by atoms with E-state index in [9.17, 15) is 4.79 Å². The number of hydrogen-bond donors (Lipinski definition) is 0. The Hall–Kier alpha value is -1.16. The minimum Gasteiger partial charge on any atom is -0.422 e. The van der Waals surface area contributed by atoms with Gasteiger partial charge in [-0.05, 0) is 6.92 Å². The Morgan fingerprint density at radius 2 is 2.33 bits per heavy atom. The summed E-state index contributed by atoms with van der Waals surface area (Å²) >= 11 is 5.65. The standard InChI is InChI=1S/C7H7ClN2O2/c1-4-9-3-6(7(8)10-4)12-5(2)11/h3H,1-2H3. The number of aryl methyl sites for hydroxylation is 1. The van der Waals surface area contributed by atoms with E-state index >= 15 is 0 Å². The highest BCUT2D eigenvalue weighted by atomic mass is 35.5. The van der Waals surface area contributed by atoms with Crippen molar-refractivity contribution in [3.63, 3.8) is 0 Å². The first-order chi connectivity index (χ1) is 5.59. The molecule has 0 aliphatic heterocycles. The zero-order chi connectivity index (χ0) is 9.14. The molecule has 0 spiro atoms. The molecule has 0 unspecified atom stereocenters. The molecule has 5 heteroatoms. The molecule has 0 amide bonds. The van der Waals surface area contributed by atoms with Gasteiger partial charge in [-0.3, -0.25) is 4.79 Å². The monoisotopic (exact) mass is 186 g/mol. The lowest BCUT2D eigenvalue weighted by atomic mass is 10.5. The fourth-order valence-corrected chi connectivity index (χ4v) is 0.864. The molecular formula is C7H7ClN2O2. The molecule has 0 fully saturated rings. The lowest BCUT2D eigenvalue weighted by Crippen LogP contribution is -2.03. The lowest BCUT2D eigenvalue weighted by Gasteiger charge is -2.01. The Balaban J connectivity index is 2.93. The molecule has 64 valence electrons. The van der Waals surface area contributed by atoms with Crippen molar-refractivity contribution in [2.75, 3.05) is 0 Å². The van der Waals surface area contributed by atoms with Crippen LogP contribution in [0.25, 0.3) is 0 Å². The zero-order valence-corrected chi connectivity index (χ0v) is 7.42. The number of carbonyl (C=O) groups excluding carboxylic acids is 1. The van der Waals surface area contributed by atoms with Crippen molar-refractivity contribution < 1.29 is 9.53 Å². The molecule has 4 nitrogen and oxygen atoms in total. The molecule has 0 atom stereocenters. The molecule has 1 heterocycles.